The van der Waals surface area contributed by atoms with Gasteiger partial charge in [0.05, 0.1) is 6.61 Å². The molecule has 0 amide bonds. The van der Waals surface area contributed by atoms with E-state index in [9.17, 15) is 26.3 Å². The van der Waals surface area contributed by atoms with Crippen LogP contribution in [-0.4, -0.2) is 37.1 Å². The minimum Gasteiger partial charge on any atom is -0.360 e. The van der Waals surface area contributed by atoms with Crippen molar-refractivity contribution >= 4 is 0 Å². The van der Waals surface area contributed by atoms with Crippen molar-refractivity contribution in [2.45, 2.75) is 44.8 Å². The van der Waals surface area contributed by atoms with Crippen molar-refractivity contribution in [3.8, 4) is 0 Å². The second kappa shape index (κ2) is 5.43. The van der Waals surface area contributed by atoms with Crippen molar-refractivity contribution in [3.05, 3.63) is 0 Å². The van der Waals surface area contributed by atoms with Crippen LogP contribution in [0.4, 0.5) is 26.3 Å². The van der Waals surface area contributed by atoms with E-state index in [1.165, 1.54) is 0 Å². The van der Waals surface area contributed by atoms with Crippen LogP contribution in [0.1, 0.15) is 20.8 Å². The van der Waals surface area contributed by atoms with E-state index in [0.29, 0.717) is 0 Å². The van der Waals surface area contributed by atoms with Crippen LogP contribution in [-0.2, 0) is 4.74 Å². The molecule has 0 atom stereocenters. The highest BCUT2D eigenvalue weighted by Crippen LogP contribution is 2.35. The Morgan fingerprint density at radius 3 is 1.65 bits per heavy atom. The maximum atomic E-state index is 12.0. The zero-order valence-corrected chi connectivity index (χ0v) is 9.67. The van der Waals surface area contributed by atoms with Gasteiger partial charge in [-0.2, -0.15) is 26.3 Å². The number of hydrogen-bond acceptors (Lipinski definition) is 2. The average molecular weight is 267 g/mol. The Bertz CT molecular complexity index is 215. The summed E-state index contributed by atoms with van der Waals surface area (Å²) in [7, 11) is 0. The summed E-state index contributed by atoms with van der Waals surface area (Å²) in [5.74, 6) is 0. The smallest absolute Gasteiger partial charge is 0.360 e. The summed E-state index contributed by atoms with van der Waals surface area (Å²) in [6.07, 6.45) is -14.6. The molecule has 0 aromatic heterocycles. The van der Waals surface area contributed by atoms with Gasteiger partial charge < -0.3 is 10.1 Å². The van der Waals surface area contributed by atoms with Gasteiger partial charge in [0.25, 0.3) is 0 Å². The highest BCUT2D eigenvalue weighted by molar-refractivity contribution is 4.76. The van der Waals surface area contributed by atoms with Gasteiger partial charge in [0.15, 0.2) is 0 Å². The van der Waals surface area contributed by atoms with Gasteiger partial charge in [-0.05, 0) is 20.8 Å². The van der Waals surface area contributed by atoms with Crippen molar-refractivity contribution in [2.24, 2.45) is 0 Å². The number of ether oxygens (including phenoxy) is 1. The van der Waals surface area contributed by atoms with Crippen LogP contribution in [0.25, 0.3) is 0 Å². The lowest BCUT2D eigenvalue weighted by atomic mass is 10.1. The summed E-state index contributed by atoms with van der Waals surface area (Å²) in [5, 5.41) is 2.72. The molecule has 0 rings (SSSR count). The highest BCUT2D eigenvalue weighted by atomic mass is 19.4. The van der Waals surface area contributed by atoms with E-state index in [4.69, 9.17) is 0 Å². The standard InChI is InChI=1S/C9H15F6NO/c1-7(2,3)16-4-5-17-6(8(10,11)12)9(13,14)15/h6,16H,4-5H2,1-3H3. The van der Waals surface area contributed by atoms with Gasteiger partial charge in [0.1, 0.15) is 0 Å². The fraction of sp³-hybridized carbons (Fsp3) is 1.00. The van der Waals surface area contributed by atoms with E-state index in [-0.39, 0.29) is 6.54 Å². The average Bonchev–Trinajstić information content (AvgIpc) is 1.95. The molecule has 0 aliphatic rings. The number of rotatable bonds is 4. The van der Waals surface area contributed by atoms with E-state index in [1.807, 2.05) is 0 Å². The molecule has 17 heavy (non-hydrogen) atoms. The molecule has 0 heterocycles. The minimum atomic E-state index is -5.44. The maximum absolute atomic E-state index is 12.0. The third kappa shape index (κ3) is 7.43. The summed E-state index contributed by atoms with van der Waals surface area (Å²) in [6.45, 7) is 4.45. The molecule has 0 aromatic rings. The van der Waals surface area contributed by atoms with E-state index in [2.05, 4.69) is 10.1 Å². The van der Waals surface area contributed by atoms with Crippen molar-refractivity contribution in [3.63, 3.8) is 0 Å². The lowest BCUT2D eigenvalue weighted by Crippen LogP contribution is -2.46. The van der Waals surface area contributed by atoms with E-state index in [0.717, 1.165) is 0 Å². The summed E-state index contributed by atoms with van der Waals surface area (Å²) in [6, 6.07) is 0. The Hall–Kier alpha value is -0.500. The molecule has 2 nitrogen and oxygen atoms in total. The quantitative estimate of drug-likeness (QED) is 0.624. The van der Waals surface area contributed by atoms with E-state index < -0.39 is 30.6 Å². The van der Waals surface area contributed by atoms with Crippen LogP contribution in [0.5, 0.6) is 0 Å². The van der Waals surface area contributed by atoms with Gasteiger partial charge in [-0.3, -0.25) is 0 Å². The molecule has 0 aliphatic carbocycles. The monoisotopic (exact) mass is 267 g/mol. The molecule has 1 N–H and O–H groups in total. The summed E-state index contributed by atoms with van der Waals surface area (Å²) >= 11 is 0. The Labute approximate surface area is 95.3 Å². The largest absolute Gasteiger partial charge is 0.423 e. The first kappa shape index (κ1) is 16.5. The molecule has 0 radical (unpaired) electrons. The molecule has 0 saturated heterocycles. The third-order valence-corrected chi connectivity index (χ3v) is 1.64. The van der Waals surface area contributed by atoms with Crippen molar-refractivity contribution in [2.75, 3.05) is 13.2 Å². The Morgan fingerprint density at radius 1 is 0.941 bits per heavy atom. The van der Waals surface area contributed by atoms with Crippen LogP contribution in [0.15, 0.2) is 0 Å². The predicted octanol–water partition coefficient (Wildman–Crippen LogP) is 2.88. The van der Waals surface area contributed by atoms with Crippen LogP contribution in [0.3, 0.4) is 0 Å². The normalized spacial score (nSPS) is 14.5. The Morgan fingerprint density at radius 2 is 1.35 bits per heavy atom. The highest BCUT2D eigenvalue weighted by Gasteiger charge is 2.57. The summed E-state index contributed by atoms with van der Waals surface area (Å²) in [5.41, 5.74) is -0.394. The third-order valence-electron chi connectivity index (χ3n) is 1.64. The summed E-state index contributed by atoms with van der Waals surface area (Å²) < 4.78 is 75.9. The van der Waals surface area contributed by atoms with Crippen LogP contribution in [0.2, 0.25) is 0 Å². The number of nitrogens with one attached hydrogen (secondary N) is 1. The number of halogens is 6. The van der Waals surface area contributed by atoms with E-state index >= 15 is 0 Å². The Kier molecular flexibility index (Phi) is 5.27. The first-order chi connectivity index (χ1) is 7.34. The summed E-state index contributed by atoms with van der Waals surface area (Å²) in [4.78, 5) is 0. The molecule has 0 bridgehead atoms. The van der Waals surface area contributed by atoms with Gasteiger partial charge in [-0.15, -0.1) is 0 Å². The lowest BCUT2D eigenvalue weighted by Gasteiger charge is -2.25. The zero-order chi connectivity index (χ0) is 13.9. The van der Waals surface area contributed by atoms with Gasteiger partial charge in [-0.25, -0.2) is 0 Å². The molecule has 0 spiro atoms. The van der Waals surface area contributed by atoms with Crippen molar-refractivity contribution < 1.29 is 31.1 Å². The predicted molar refractivity (Wildman–Crippen MR) is 49.6 cm³/mol. The van der Waals surface area contributed by atoms with E-state index in [1.54, 1.807) is 20.8 Å². The van der Waals surface area contributed by atoms with Crippen LogP contribution < -0.4 is 5.32 Å². The maximum Gasteiger partial charge on any atom is 0.423 e. The second-order valence-corrected chi connectivity index (χ2v) is 4.51. The topological polar surface area (TPSA) is 21.3 Å². The van der Waals surface area contributed by atoms with Crippen LogP contribution in [0, 0.1) is 0 Å². The fourth-order valence-corrected chi connectivity index (χ4v) is 0.977. The zero-order valence-electron chi connectivity index (χ0n) is 9.67. The molecule has 0 unspecified atom stereocenters. The first-order valence-corrected chi connectivity index (χ1v) is 4.84. The lowest BCUT2D eigenvalue weighted by molar-refractivity contribution is -0.321. The van der Waals surface area contributed by atoms with Crippen molar-refractivity contribution in [1.82, 2.24) is 5.32 Å². The fourth-order valence-electron chi connectivity index (χ4n) is 0.977. The van der Waals surface area contributed by atoms with Gasteiger partial charge in [-0.1, -0.05) is 0 Å². The SMILES string of the molecule is CC(C)(C)NCCOC(C(F)(F)F)C(F)(F)F. The van der Waals surface area contributed by atoms with Crippen molar-refractivity contribution in [1.29, 1.82) is 0 Å². The molecule has 0 fully saturated rings. The minimum absolute atomic E-state index is 0.0911. The second-order valence-electron chi connectivity index (χ2n) is 4.51. The molecular weight excluding hydrogens is 252 g/mol. The van der Waals surface area contributed by atoms with Gasteiger partial charge >= 0.3 is 12.4 Å². The van der Waals surface area contributed by atoms with Gasteiger partial charge in [0, 0.05) is 12.1 Å². The Balaban J connectivity index is 4.22. The molecular formula is C9H15F6NO. The van der Waals surface area contributed by atoms with Crippen LogP contribution >= 0.6 is 0 Å². The molecule has 104 valence electrons. The molecule has 0 aromatic carbocycles. The molecule has 0 aliphatic heterocycles. The number of hydrogen-bond donors (Lipinski definition) is 1. The molecule has 8 heteroatoms. The molecule has 0 saturated carbocycles. The van der Waals surface area contributed by atoms with Gasteiger partial charge in [0.2, 0.25) is 6.10 Å². The first-order valence-electron chi connectivity index (χ1n) is 4.84. The number of alkyl halides is 6.